The molecule has 1 aliphatic rings. The average Bonchev–Trinajstić information content (AvgIpc) is 3.24. The summed E-state index contributed by atoms with van der Waals surface area (Å²) in [5.74, 6) is 1.36. The Morgan fingerprint density at radius 1 is 1.12 bits per heavy atom. The van der Waals surface area contributed by atoms with Gasteiger partial charge in [0.15, 0.2) is 0 Å². The molecule has 32 heavy (non-hydrogen) atoms. The highest BCUT2D eigenvalue weighted by atomic mass is 16.5. The van der Waals surface area contributed by atoms with Gasteiger partial charge in [-0.05, 0) is 52.5 Å². The fraction of sp³-hybridized carbons (Fsp3) is 0.591. The fourth-order valence-corrected chi connectivity index (χ4v) is 4.50. The van der Waals surface area contributed by atoms with Gasteiger partial charge in [0.05, 0.1) is 17.9 Å². The maximum absolute atomic E-state index is 12.9. The van der Waals surface area contributed by atoms with Gasteiger partial charge < -0.3 is 9.84 Å². The standard InChI is InChI=1S/C22H31N7O3/c1-13-18(15(3)27(5)24-13)8-10-23-21(30)17-6-7-20-25-29(22(31)28(20)11-9-17)12-19-14(2)26-32-16(19)4/h17H,6-12H2,1-5H3,(H,23,30). The molecule has 3 aromatic heterocycles. The third-order valence-electron chi connectivity index (χ3n) is 6.61. The number of nitrogens with zero attached hydrogens (tertiary/aromatic N) is 6. The molecule has 0 saturated heterocycles. The molecule has 172 valence electrons. The maximum Gasteiger partial charge on any atom is 0.346 e. The van der Waals surface area contributed by atoms with Crippen LogP contribution in [0.2, 0.25) is 0 Å². The molecule has 0 spiro atoms. The van der Waals surface area contributed by atoms with Gasteiger partial charge in [0, 0.05) is 43.7 Å². The van der Waals surface area contributed by atoms with Crippen molar-refractivity contribution >= 4 is 5.91 Å². The monoisotopic (exact) mass is 441 g/mol. The first kappa shape index (κ1) is 22.0. The van der Waals surface area contributed by atoms with Crippen molar-refractivity contribution in [2.45, 2.75) is 66.5 Å². The maximum atomic E-state index is 12.9. The van der Waals surface area contributed by atoms with Gasteiger partial charge in [-0.25, -0.2) is 9.48 Å². The lowest BCUT2D eigenvalue weighted by atomic mass is 9.99. The molecule has 1 amide bonds. The van der Waals surface area contributed by atoms with Crippen molar-refractivity contribution in [3.8, 4) is 0 Å². The Balaban J connectivity index is 1.36. The van der Waals surface area contributed by atoms with E-state index in [2.05, 4.69) is 20.7 Å². The first-order chi connectivity index (χ1) is 15.3. The van der Waals surface area contributed by atoms with Gasteiger partial charge in [-0.1, -0.05) is 5.16 Å². The van der Waals surface area contributed by atoms with E-state index in [1.54, 1.807) is 4.57 Å². The van der Waals surface area contributed by atoms with E-state index in [0.29, 0.717) is 44.7 Å². The van der Waals surface area contributed by atoms with Crippen LogP contribution < -0.4 is 11.0 Å². The van der Waals surface area contributed by atoms with E-state index in [0.717, 1.165) is 34.9 Å². The minimum absolute atomic E-state index is 0.0472. The number of nitrogens with one attached hydrogen (secondary N) is 1. The van der Waals surface area contributed by atoms with E-state index in [4.69, 9.17) is 4.52 Å². The molecule has 3 aromatic rings. The summed E-state index contributed by atoms with van der Waals surface area (Å²) < 4.78 is 10.2. The smallest absolute Gasteiger partial charge is 0.346 e. The molecule has 4 heterocycles. The molecule has 0 radical (unpaired) electrons. The van der Waals surface area contributed by atoms with E-state index in [1.807, 2.05) is 39.4 Å². The van der Waals surface area contributed by atoms with E-state index in [-0.39, 0.29) is 17.5 Å². The number of hydrogen-bond donors (Lipinski definition) is 1. The predicted molar refractivity (Wildman–Crippen MR) is 117 cm³/mol. The highest BCUT2D eigenvalue weighted by Crippen LogP contribution is 2.19. The van der Waals surface area contributed by atoms with Crippen LogP contribution in [-0.4, -0.2) is 41.7 Å². The van der Waals surface area contributed by atoms with E-state index in [9.17, 15) is 9.59 Å². The Morgan fingerprint density at radius 3 is 2.56 bits per heavy atom. The molecule has 0 saturated carbocycles. The molecule has 4 rings (SSSR count). The second-order valence-electron chi connectivity index (χ2n) is 8.65. The number of hydrogen-bond acceptors (Lipinski definition) is 6. The molecule has 0 aliphatic carbocycles. The predicted octanol–water partition coefficient (Wildman–Crippen LogP) is 1.36. The van der Waals surface area contributed by atoms with Crippen LogP contribution in [-0.2, 0) is 37.8 Å². The average molecular weight is 442 g/mol. The first-order valence-electron chi connectivity index (χ1n) is 11.1. The van der Waals surface area contributed by atoms with Crippen molar-refractivity contribution in [2.75, 3.05) is 6.54 Å². The lowest BCUT2D eigenvalue weighted by Gasteiger charge is -2.14. The Hall–Kier alpha value is -3.17. The van der Waals surface area contributed by atoms with Gasteiger partial charge >= 0.3 is 5.69 Å². The van der Waals surface area contributed by atoms with Gasteiger partial charge in [-0.2, -0.15) is 10.2 Å². The second-order valence-corrected chi connectivity index (χ2v) is 8.65. The SMILES string of the molecule is Cc1noc(C)c1Cn1nc2n(c1=O)CCC(C(=O)NCCc1c(C)nn(C)c1C)CC2. The molecule has 1 atom stereocenters. The summed E-state index contributed by atoms with van der Waals surface area (Å²) >= 11 is 0. The zero-order valence-electron chi connectivity index (χ0n) is 19.4. The highest BCUT2D eigenvalue weighted by Gasteiger charge is 2.26. The molecule has 10 nitrogen and oxygen atoms in total. The van der Waals surface area contributed by atoms with Crippen molar-refractivity contribution in [3.63, 3.8) is 0 Å². The van der Waals surface area contributed by atoms with E-state index >= 15 is 0 Å². The summed E-state index contributed by atoms with van der Waals surface area (Å²) in [6, 6.07) is 0. The zero-order chi connectivity index (χ0) is 23.0. The van der Waals surface area contributed by atoms with Gasteiger partial charge in [-0.3, -0.25) is 14.0 Å². The molecule has 10 heteroatoms. The number of rotatable bonds is 6. The molecular formula is C22H31N7O3. The first-order valence-corrected chi connectivity index (χ1v) is 11.1. The third kappa shape index (κ3) is 4.13. The lowest BCUT2D eigenvalue weighted by Crippen LogP contribution is -2.33. The number of amides is 1. The molecule has 1 N–H and O–H groups in total. The Kier molecular flexibility index (Phi) is 6.03. The summed E-state index contributed by atoms with van der Waals surface area (Å²) in [5.41, 5.74) is 4.83. The van der Waals surface area contributed by atoms with Gasteiger partial charge in [0.2, 0.25) is 5.91 Å². The van der Waals surface area contributed by atoms with Crippen molar-refractivity contribution in [2.24, 2.45) is 13.0 Å². The topological polar surface area (TPSA) is 113 Å². The summed E-state index contributed by atoms with van der Waals surface area (Å²) in [6.07, 6.45) is 2.67. The quantitative estimate of drug-likeness (QED) is 0.618. The Labute approximate surface area is 186 Å². The number of aryl methyl sites for hydroxylation is 5. The molecular weight excluding hydrogens is 410 g/mol. The minimum Gasteiger partial charge on any atom is -0.361 e. The van der Waals surface area contributed by atoms with Crippen LogP contribution in [0.25, 0.3) is 0 Å². The largest absolute Gasteiger partial charge is 0.361 e. The normalized spacial score (nSPS) is 16.1. The lowest BCUT2D eigenvalue weighted by molar-refractivity contribution is -0.125. The highest BCUT2D eigenvalue weighted by molar-refractivity contribution is 5.78. The molecule has 0 aromatic carbocycles. The van der Waals surface area contributed by atoms with Crippen molar-refractivity contribution in [1.82, 2.24) is 34.6 Å². The van der Waals surface area contributed by atoms with Crippen LogP contribution >= 0.6 is 0 Å². The molecule has 0 fully saturated rings. The van der Waals surface area contributed by atoms with E-state index < -0.39 is 0 Å². The number of carbonyl (C=O) groups excluding carboxylic acids is 1. The Morgan fingerprint density at radius 2 is 1.91 bits per heavy atom. The summed E-state index contributed by atoms with van der Waals surface area (Å²) in [6.45, 7) is 9.15. The van der Waals surface area contributed by atoms with Crippen LogP contribution in [0.3, 0.4) is 0 Å². The van der Waals surface area contributed by atoms with Crippen LogP contribution in [0, 0.1) is 33.6 Å². The zero-order valence-corrected chi connectivity index (χ0v) is 19.4. The Bertz CT molecular complexity index is 1180. The molecule has 1 unspecified atom stereocenters. The van der Waals surface area contributed by atoms with Crippen molar-refractivity contribution in [1.29, 1.82) is 0 Å². The fourth-order valence-electron chi connectivity index (χ4n) is 4.50. The van der Waals surface area contributed by atoms with Crippen LogP contribution in [0.1, 0.15) is 52.6 Å². The number of carbonyl (C=O) groups is 1. The van der Waals surface area contributed by atoms with Gasteiger partial charge in [0.25, 0.3) is 0 Å². The second kappa shape index (κ2) is 8.76. The minimum atomic E-state index is -0.149. The van der Waals surface area contributed by atoms with Gasteiger partial charge in [-0.15, -0.1) is 0 Å². The van der Waals surface area contributed by atoms with Crippen LogP contribution in [0.5, 0.6) is 0 Å². The van der Waals surface area contributed by atoms with Crippen molar-refractivity contribution < 1.29 is 9.32 Å². The van der Waals surface area contributed by atoms with Crippen molar-refractivity contribution in [3.05, 3.63) is 50.3 Å². The molecule has 0 bridgehead atoms. The summed E-state index contributed by atoms with van der Waals surface area (Å²) in [7, 11) is 1.93. The number of fused-ring (bicyclic) bond motifs is 1. The summed E-state index contributed by atoms with van der Waals surface area (Å²) in [4.78, 5) is 25.7. The van der Waals surface area contributed by atoms with Gasteiger partial charge in [0.1, 0.15) is 11.6 Å². The van der Waals surface area contributed by atoms with E-state index in [1.165, 1.54) is 10.2 Å². The molecule has 1 aliphatic heterocycles. The number of aromatic nitrogens is 6. The third-order valence-corrected chi connectivity index (χ3v) is 6.61. The van der Waals surface area contributed by atoms with Crippen LogP contribution in [0.15, 0.2) is 9.32 Å². The summed E-state index contributed by atoms with van der Waals surface area (Å²) in [5, 5.41) is 16.0. The van der Waals surface area contributed by atoms with Crippen LogP contribution in [0.4, 0.5) is 0 Å².